The largest absolute Gasteiger partial charge is 0.397 e. The first kappa shape index (κ1) is 12.1. The van der Waals surface area contributed by atoms with Gasteiger partial charge in [-0.1, -0.05) is 25.5 Å². The smallest absolute Gasteiger partial charge is 0.0968 e. The van der Waals surface area contributed by atoms with Crippen LogP contribution in [0.15, 0.2) is 29.8 Å². The lowest BCUT2D eigenvalue weighted by molar-refractivity contribution is 0.929. The second kappa shape index (κ2) is 5.76. The van der Waals surface area contributed by atoms with E-state index in [0.29, 0.717) is 11.3 Å². The lowest BCUT2D eigenvalue weighted by atomic mass is 10.0. The van der Waals surface area contributed by atoms with E-state index < -0.39 is 0 Å². The van der Waals surface area contributed by atoms with E-state index in [1.807, 2.05) is 31.2 Å². The molecule has 2 nitrogen and oxygen atoms in total. The van der Waals surface area contributed by atoms with Crippen molar-refractivity contribution in [2.75, 3.05) is 0 Å². The van der Waals surface area contributed by atoms with Crippen LogP contribution in [-0.2, 0) is 0 Å². The third-order valence-corrected chi connectivity index (χ3v) is 2.77. The van der Waals surface area contributed by atoms with Crippen molar-refractivity contribution in [3.05, 3.63) is 39.0 Å². The zero-order valence-electron chi connectivity index (χ0n) is 8.63. The summed E-state index contributed by atoms with van der Waals surface area (Å²) >= 11 is 2.23. The zero-order valence-corrected chi connectivity index (χ0v) is 10.8. The number of rotatable bonds is 3. The Morgan fingerprint density at radius 2 is 2.27 bits per heavy atom. The van der Waals surface area contributed by atoms with Crippen LogP contribution in [0.4, 0.5) is 0 Å². The van der Waals surface area contributed by atoms with Gasteiger partial charge in [0.05, 0.1) is 17.3 Å². The van der Waals surface area contributed by atoms with Gasteiger partial charge < -0.3 is 5.73 Å². The van der Waals surface area contributed by atoms with Crippen LogP contribution in [-0.4, -0.2) is 0 Å². The number of nitrogens with two attached hydrogens (primary N) is 1. The minimum Gasteiger partial charge on any atom is -0.397 e. The summed E-state index contributed by atoms with van der Waals surface area (Å²) in [6, 6.07) is 10.0. The highest BCUT2D eigenvalue weighted by molar-refractivity contribution is 14.1. The van der Waals surface area contributed by atoms with E-state index in [2.05, 4.69) is 28.7 Å². The maximum atomic E-state index is 8.97. The van der Waals surface area contributed by atoms with Crippen LogP contribution in [0.3, 0.4) is 0 Å². The van der Waals surface area contributed by atoms with Crippen molar-refractivity contribution < 1.29 is 0 Å². The van der Waals surface area contributed by atoms with E-state index >= 15 is 0 Å². The van der Waals surface area contributed by atoms with E-state index in [0.717, 1.165) is 22.0 Å². The SMILES string of the molecule is CCC/C(C#N)=C(/N)c1cccc(I)c1. The Labute approximate surface area is 104 Å². The summed E-state index contributed by atoms with van der Waals surface area (Å²) in [5.41, 5.74) is 8.18. The van der Waals surface area contributed by atoms with Crippen LogP contribution in [0, 0.1) is 14.9 Å². The van der Waals surface area contributed by atoms with E-state index in [-0.39, 0.29) is 0 Å². The molecule has 0 aliphatic carbocycles. The van der Waals surface area contributed by atoms with E-state index in [1.54, 1.807) is 0 Å². The number of nitriles is 1. The molecule has 0 bridgehead atoms. The van der Waals surface area contributed by atoms with Crippen molar-refractivity contribution in [1.82, 2.24) is 0 Å². The molecule has 0 radical (unpaired) electrons. The number of nitrogens with zero attached hydrogens (tertiary/aromatic N) is 1. The molecule has 0 fully saturated rings. The first-order valence-corrected chi connectivity index (χ1v) is 5.91. The van der Waals surface area contributed by atoms with Crippen molar-refractivity contribution in [3.8, 4) is 6.07 Å². The van der Waals surface area contributed by atoms with Gasteiger partial charge in [-0.15, -0.1) is 0 Å². The van der Waals surface area contributed by atoms with Crippen LogP contribution >= 0.6 is 22.6 Å². The Morgan fingerprint density at radius 3 is 2.80 bits per heavy atom. The molecule has 0 unspecified atom stereocenters. The summed E-state index contributed by atoms with van der Waals surface area (Å²) in [6.07, 6.45) is 1.68. The molecule has 78 valence electrons. The summed E-state index contributed by atoms with van der Waals surface area (Å²) < 4.78 is 1.13. The van der Waals surface area contributed by atoms with Crippen LogP contribution in [0.1, 0.15) is 25.3 Å². The fourth-order valence-electron chi connectivity index (χ4n) is 1.33. The molecule has 1 rings (SSSR count). The van der Waals surface area contributed by atoms with Crippen LogP contribution in [0.5, 0.6) is 0 Å². The lowest BCUT2D eigenvalue weighted by Gasteiger charge is -2.05. The number of hydrogen-bond acceptors (Lipinski definition) is 2. The molecule has 1 aromatic carbocycles. The highest BCUT2D eigenvalue weighted by atomic mass is 127. The Bertz CT molecular complexity index is 416. The predicted octanol–water partition coefficient (Wildman–Crippen LogP) is 3.28. The molecular weight excluding hydrogens is 299 g/mol. The molecule has 2 N–H and O–H groups in total. The average Bonchev–Trinajstić information content (AvgIpc) is 2.25. The van der Waals surface area contributed by atoms with Crippen LogP contribution < -0.4 is 5.73 Å². The van der Waals surface area contributed by atoms with Gasteiger partial charge in [0.25, 0.3) is 0 Å². The molecule has 15 heavy (non-hydrogen) atoms. The summed E-state index contributed by atoms with van der Waals surface area (Å²) in [4.78, 5) is 0. The van der Waals surface area contributed by atoms with Crippen LogP contribution in [0.2, 0.25) is 0 Å². The Kier molecular flexibility index (Phi) is 4.63. The fraction of sp³-hybridized carbons (Fsp3) is 0.250. The fourth-order valence-corrected chi connectivity index (χ4v) is 1.87. The normalized spacial score (nSPS) is 11.8. The molecule has 0 aromatic heterocycles. The zero-order chi connectivity index (χ0) is 11.3. The van der Waals surface area contributed by atoms with Gasteiger partial charge in [-0.25, -0.2) is 0 Å². The first-order chi connectivity index (χ1) is 7.19. The van der Waals surface area contributed by atoms with Gasteiger partial charge in [0.1, 0.15) is 0 Å². The average molecular weight is 312 g/mol. The van der Waals surface area contributed by atoms with Gasteiger partial charge in [0.2, 0.25) is 0 Å². The van der Waals surface area contributed by atoms with Crippen molar-refractivity contribution in [2.45, 2.75) is 19.8 Å². The van der Waals surface area contributed by atoms with Crippen molar-refractivity contribution in [1.29, 1.82) is 5.26 Å². The second-order valence-corrected chi connectivity index (χ2v) is 4.51. The van der Waals surface area contributed by atoms with Gasteiger partial charge in [0, 0.05) is 3.57 Å². The number of allylic oxidation sites excluding steroid dienone is 1. The van der Waals surface area contributed by atoms with Crippen LogP contribution in [0.25, 0.3) is 5.70 Å². The molecule has 1 aromatic rings. The molecule has 0 atom stereocenters. The molecular formula is C12H13IN2. The van der Waals surface area contributed by atoms with E-state index in [9.17, 15) is 0 Å². The molecule has 0 spiro atoms. The quantitative estimate of drug-likeness (QED) is 0.688. The Balaban J connectivity index is 3.11. The van der Waals surface area contributed by atoms with Crippen molar-refractivity contribution >= 4 is 28.3 Å². The van der Waals surface area contributed by atoms with E-state index in [4.69, 9.17) is 11.0 Å². The maximum absolute atomic E-state index is 8.97. The molecule has 0 saturated carbocycles. The highest BCUT2D eigenvalue weighted by Gasteiger charge is 2.04. The molecule has 0 heterocycles. The third-order valence-electron chi connectivity index (χ3n) is 2.10. The summed E-state index contributed by atoms with van der Waals surface area (Å²) in [5, 5.41) is 8.97. The number of halogens is 1. The third kappa shape index (κ3) is 3.24. The van der Waals surface area contributed by atoms with Gasteiger partial charge >= 0.3 is 0 Å². The molecule has 0 amide bonds. The van der Waals surface area contributed by atoms with Crippen molar-refractivity contribution in [2.24, 2.45) is 5.73 Å². The highest BCUT2D eigenvalue weighted by Crippen LogP contribution is 2.18. The Morgan fingerprint density at radius 1 is 1.53 bits per heavy atom. The minimum atomic E-state index is 0.609. The van der Waals surface area contributed by atoms with Gasteiger partial charge in [-0.05, 0) is 46.7 Å². The molecule has 0 aliphatic rings. The predicted molar refractivity (Wildman–Crippen MR) is 70.8 cm³/mol. The van der Waals surface area contributed by atoms with Gasteiger partial charge in [-0.3, -0.25) is 0 Å². The number of benzene rings is 1. The summed E-state index contributed by atoms with van der Waals surface area (Å²) in [7, 11) is 0. The summed E-state index contributed by atoms with van der Waals surface area (Å²) in [5.74, 6) is 0. The second-order valence-electron chi connectivity index (χ2n) is 3.26. The van der Waals surface area contributed by atoms with E-state index in [1.165, 1.54) is 0 Å². The molecule has 0 aliphatic heterocycles. The van der Waals surface area contributed by atoms with Crippen molar-refractivity contribution in [3.63, 3.8) is 0 Å². The first-order valence-electron chi connectivity index (χ1n) is 4.83. The van der Waals surface area contributed by atoms with Gasteiger partial charge in [-0.2, -0.15) is 5.26 Å². The van der Waals surface area contributed by atoms with Gasteiger partial charge in [0.15, 0.2) is 0 Å². The standard InChI is InChI=1S/C12H13IN2/c1-2-4-10(8-14)12(15)9-5-3-6-11(13)7-9/h3,5-7H,2,4,15H2,1H3/b12-10-. The monoisotopic (exact) mass is 312 g/mol. The maximum Gasteiger partial charge on any atom is 0.0968 e. The molecule has 3 heteroatoms. The Hall–Kier alpha value is -1.02. The topological polar surface area (TPSA) is 49.8 Å². The summed E-state index contributed by atoms with van der Waals surface area (Å²) in [6.45, 7) is 2.04. The lowest BCUT2D eigenvalue weighted by Crippen LogP contribution is -2.01. The molecule has 0 saturated heterocycles. The number of hydrogen-bond donors (Lipinski definition) is 1. The minimum absolute atomic E-state index is 0.609.